The predicted molar refractivity (Wildman–Crippen MR) is 122 cm³/mol. The molecule has 2 heterocycles. The number of hydrogen-bond donors (Lipinski definition) is 3. The second-order valence-electron chi connectivity index (χ2n) is 8.06. The first kappa shape index (κ1) is 23.6. The number of rotatable bonds is 6. The smallest absolute Gasteiger partial charge is 0.261 e. The summed E-state index contributed by atoms with van der Waals surface area (Å²) in [5, 5.41) is 15.7. The van der Waals surface area contributed by atoms with Gasteiger partial charge in [0.05, 0.1) is 27.6 Å². The van der Waals surface area contributed by atoms with Gasteiger partial charge in [-0.2, -0.15) is 0 Å². The molecule has 0 unspecified atom stereocenters. The lowest BCUT2D eigenvalue weighted by Crippen LogP contribution is -2.41. The monoisotopic (exact) mass is 495 g/mol. The van der Waals surface area contributed by atoms with Crippen molar-refractivity contribution in [3.05, 3.63) is 45.4 Å². The number of anilines is 2. The van der Waals surface area contributed by atoms with E-state index >= 15 is 0 Å². The van der Waals surface area contributed by atoms with Crippen LogP contribution in [0.5, 0.6) is 0 Å². The molecule has 1 aliphatic heterocycles. The number of carbonyl (C=O) groups is 3. The normalized spacial score (nSPS) is 22.9. The van der Waals surface area contributed by atoms with Crippen molar-refractivity contribution < 1.29 is 28.6 Å². The molecule has 2 fully saturated rings. The highest BCUT2D eigenvalue weighted by Crippen LogP contribution is 2.33. The first-order valence-corrected chi connectivity index (χ1v) is 11.7. The molecular formula is C22H23ClFN3O5S. The fraction of sp³-hybridized carbons (Fsp3) is 0.409. The van der Waals surface area contributed by atoms with Gasteiger partial charge in [-0.05, 0) is 43.2 Å². The van der Waals surface area contributed by atoms with Crippen molar-refractivity contribution in [3.63, 3.8) is 0 Å². The quantitative estimate of drug-likeness (QED) is 0.571. The summed E-state index contributed by atoms with van der Waals surface area (Å²) in [4.78, 5) is 38.7. The summed E-state index contributed by atoms with van der Waals surface area (Å²) >= 11 is 7.01. The Balaban J connectivity index is 1.32. The Kier molecular flexibility index (Phi) is 7.28. The van der Waals surface area contributed by atoms with Gasteiger partial charge < -0.3 is 25.4 Å². The van der Waals surface area contributed by atoms with E-state index in [1.807, 2.05) is 0 Å². The summed E-state index contributed by atoms with van der Waals surface area (Å²) in [5.74, 6) is -2.40. The molecule has 1 aliphatic carbocycles. The van der Waals surface area contributed by atoms with E-state index in [1.54, 1.807) is 18.2 Å². The predicted octanol–water partition coefficient (Wildman–Crippen LogP) is 2.66. The molecule has 4 rings (SSSR count). The molecule has 2 aliphatic rings. The lowest BCUT2D eigenvalue weighted by atomic mass is 10.0. The molecule has 2 aromatic rings. The maximum absolute atomic E-state index is 14.6. The third kappa shape index (κ3) is 5.52. The van der Waals surface area contributed by atoms with Crippen LogP contribution >= 0.6 is 22.9 Å². The number of morpholine rings is 1. The zero-order chi connectivity index (χ0) is 23.5. The highest BCUT2D eigenvalue weighted by atomic mass is 35.5. The number of nitrogens with one attached hydrogen (secondary N) is 2. The molecule has 11 heteroatoms. The molecule has 1 aromatic carbocycles. The molecule has 3 atom stereocenters. The number of aliphatic hydroxyl groups excluding tert-OH is 1. The third-order valence-electron chi connectivity index (χ3n) is 5.86. The molecule has 0 bridgehead atoms. The van der Waals surface area contributed by atoms with Crippen molar-refractivity contribution in [3.8, 4) is 0 Å². The van der Waals surface area contributed by atoms with E-state index in [1.165, 1.54) is 17.0 Å². The highest BCUT2D eigenvalue weighted by molar-refractivity contribution is 7.18. The van der Waals surface area contributed by atoms with Crippen molar-refractivity contribution in [1.82, 2.24) is 5.32 Å². The number of aliphatic hydroxyl groups is 1. The molecule has 33 heavy (non-hydrogen) atoms. The Morgan fingerprint density at radius 3 is 2.79 bits per heavy atom. The van der Waals surface area contributed by atoms with Gasteiger partial charge in [0.1, 0.15) is 12.4 Å². The fourth-order valence-electron chi connectivity index (χ4n) is 4.08. The number of hydrogen-bond acceptors (Lipinski definition) is 6. The Morgan fingerprint density at radius 2 is 2.09 bits per heavy atom. The van der Waals surface area contributed by atoms with E-state index in [2.05, 4.69) is 10.6 Å². The van der Waals surface area contributed by atoms with Crippen LogP contribution < -0.4 is 15.5 Å². The van der Waals surface area contributed by atoms with Crippen molar-refractivity contribution >= 4 is 52.0 Å². The summed E-state index contributed by atoms with van der Waals surface area (Å²) in [5.41, 5.74) is 0.406. The summed E-state index contributed by atoms with van der Waals surface area (Å²) in [6, 6.07) is 7.45. The van der Waals surface area contributed by atoms with Crippen molar-refractivity contribution in [2.45, 2.75) is 18.9 Å². The van der Waals surface area contributed by atoms with Crippen molar-refractivity contribution in [2.75, 3.05) is 36.5 Å². The van der Waals surface area contributed by atoms with Crippen LogP contribution in [0.4, 0.5) is 15.8 Å². The molecule has 176 valence electrons. The summed E-state index contributed by atoms with van der Waals surface area (Å²) in [6.45, 7) is 0.878. The van der Waals surface area contributed by atoms with E-state index < -0.39 is 23.7 Å². The third-order valence-corrected chi connectivity index (χ3v) is 7.09. The number of halogens is 2. The van der Waals surface area contributed by atoms with Gasteiger partial charge >= 0.3 is 0 Å². The van der Waals surface area contributed by atoms with Crippen LogP contribution in [0.25, 0.3) is 0 Å². The molecule has 0 radical (unpaired) electrons. The van der Waals surface area contributed by atoms with Gasteiger partial charge in [0, 0.05) is 30.6 Å². The number of benzene rings is 1. The summed E-state index contributed by atoms with van der Waals surface area (Å²) in [6.07, 6.45) is -0.174. The van der Waals surface area contributed by atoms with Gasteiger partial charge in [-0.25, -0.2) is 4.39 Å². The first-order valence-electron chi connectivity index (χ1n) is 10.5. The summed E-state index contributed by atoms with van der Waals surface area (Å²) in [7, 11) is 0. The van der Waals surface area contributed by atoms with Gasteiger partial charge in [0.15, 0.2) is 0 Å². The highest BCUT2D eigenvalue weighted by Gasteiger charge is 2.37. The zero-order valence-corrected chi connectivity index (χ0v) is 19.1. The van der Waals surface area contributed by atoms with Gasteiger partial charge in [0.2, 0.25) is 5.91 Å². The van der Waals surface area contributed by atoms with Crippen LogP contribution in [0.2, 0.25) is 4.34 Å². The summed E-state index contributed by atoms with van der Waals surface area (Å²) < 4.78 is 20.2. The maximum Gasteiger partial charge on any atom is 0.261 e. The van der Waals surface area contributed by atoms with E-state index in [0.717, 1.165) is 11.3 Å². The number of carbonyl (C=O) groups excluding carboxylic acids is 3. The Labute approximate surface area is 198 Å². The Hall–Kier alpha value is -2.53. The lowest BCUT2D eigenvalue weighted by Gasteiger charge is -2.27. The van der Waals surface area contributed by atoms with E-state index in [0.29, 0.717) is 34.5 Å². The standard InChI is InChI=1S/C22H23ClFN3O5S/c23-19-4-3-18(33-19)22(31)25-10-13-7-12(8-17(13)28)21(30)26-16-2-1-14(9-15(16)24)27-5-6-32-11-20(27)29/h1-4,9,12-13,17,28H,5-8,10-11H2,(H,25,31)(H,26,30)/t12-,13+,17-/m0/s1. The number of amides is 3. The topological polar surface area (TPSA) is 108 Å². The molecular weight excluding hydrogens is 473 g/mol. The second kappa shape index (κ2) is 10.2. The molecule has 8 nitrogen and oxygen atoms in total. The SMILES string of the molecule is O=C(NC[C@H]1C[C@H](C(=O)Nc2ccc(N3CCOCC3=O)cc2F)C[C@@H]1O)c1ccc(Cl)s1. The second-order valence-corrected chi connectivity index (χ2v) is 9.78. The molecule has 1 saturated carbocycles. The molecule has 3 amide bonds. The maximum atomic E-state index is 14.6. The minimum absolute atomic E-state index is 0.00488. The van der Waals surface area contributed by atoms with Crippen LogP contribution in [0, 0.1) is 17.7 Å². The molecule has 1 aromatic heterocycles. The van der Waals surface area contributed by atoms with E-state index in [-0.39, 0.29) is 43.0 Å². The van der Waals surface area contributed by atoms with Crippen LogP contribution in [0.1, 0.15) is 22.5 Å². The minimum Gasteiger partial charge on any atom is -0.393 e. The lowest BCUT2D eigenvalue weighted by molar-refractivity contribution is -0.125. The average molecular weight is 496 g/mol. The van der Waals surface area contributed by atoms with Crippen molar-refractivity contribution in [1.29, 1.82) is 0 Å². The zero-order valence-electron chi connectivity index (χ0n) is 17.6. The number of thiophene rings is 1. The van der Waals surface area contributed by atoms with Crippen LogP contribution in [-0.2, 0) is 14.3 Å². The number of nitrogens with zero attached hydrogens (tertiary/aromatic N) is 1. The van der Waals surface area contributed by atoms with Gasteiger partial charge in [0.25, 0.3) is 11.8 Å². The van der Waals surface area contributed by atoms with Crippen molar-refractivity contribution in [2.24, 2.45) is 11.8 Å². The Morgan fingerprint density at radius 1 is 1.27 bits per heavy atom. The van der Waals surface area contributed by atoms with Crippen LogP contribution in [0.15, 0.2) is 30.3 Å². The van der Waals surface area contributed by atoms with E-state index in [4.69, 9.17) is 16.3 Å². The molecule has 3 N–H and O–H groups in total. The van der Waals surface area contributed by atoms with Gasteiger partial charge in [-0.1, -0.05) is 11.6 Å². The Bertz CT molecular complexity index is 1060. The first-order chi connectivity index (χ1) is 15.8. The minimum atomic E-state index is -0.757. The average Bonchev–Trinajstić information content (AvgIpc) is 3.39. The molecule has 1 saturated heterocycles. The fourth-order valence-corrected chi connectivity index (χ4v) is 5.04. The van der Waals surface area contributed by atoms with E-state index in [9.17, 15) is 23.9 Å². The van der Waals surface area contributed by atoms with Gasteiger partial charge in [-0.15, -0.1) is 11.3 Å². The largest absolute Gasteiger partial charge is 0.393 e. The van der Waals surface area contributed by atoms with Gasteiger partial charge in [-0.3, -0.25) is 14.4 Å². The molecule has 0 spiro atoms. The van der Waals surface area contributed by atoms with Crippen LogP contribution in [0.3, 0.4) is 0 Å². The van der Waals surface area contributed by atoms with Crippen LogP contribution in [-0.4, -0.2) is 55.2 Å². The number of ether oxygens (including phenoxy) is 1.